The first kappa shape index (κ1) is 13.2. The van der Waals surface area contributed by atoms with Crippen molar-refractivity contribution in [2.45, 2.75) is 20.4 Å². The van der Waals surface area contributed by atoms with Gasteiger partial charge in [0.2, 0.25) is 0 Å². The molecule has 0 atom stereocenters. The summed E-state index contributed by atoms with van der Waals surface area (Å²) in [5, 5.41) is 0. The van der Waals surface area contributed by atoms with Gasteiger partial charge in [0.25, 0.3) is 0 Å². The van der Waals surface area contributed by atoms with Crippen LogP contribution >= 0.6 is 0 Å². The van der Waals surface area contributed by atoms with E-state index in [1.807, 2.05) is 0 Å². The van der Waals surface area contributed by atoms with Crippen LogP contribution in [0.25, 0.3) is 0 Å². The molecule has 1 rings (SSSR count). The van der Waals surface area contributed by atoms with Crippen LogP contribution in [0.3, 0.4) is 0 Å². The average Bonchev–Trinajstić information content (AvgIpc) is 2.26. The summed E-state index contributed by atoms with van der Waals surface area (Å²) < 4.78 is 5.15. The molecule has 0 bridgehead atoms. The molecule has 90 valence electrons. The van der Waals surface area contributed by atoms with Gasteiger partial charge in [-0.2, -0.15) is 0 Å². The highest BCUT2D eigenvalue weighted by Crippen LogP contribution is 2.06. The molecular formula is C14H23NO. The minimum atomic E-state index is 0.695. The van der Waals surface area contributed by atoms with Crippen LogP contribution in [-0.2, 0) is 11.3 Å². The second-order valence-electron chi connectivity index (χ2n) is 4.61. The Balaban J connectivity index is 2.49. The van der Waals surface area contributed by atoms with Gasteiger partial charge in [-0.25, -0.2) is 0 Å². The van der Waals surface area contributed by atoms with Crippen molar-refractivity contribution in [2.75, 3.05) is 26.8 Å². The molecule has 0 amide bonds. The largest absolute Gasteiger partial charge is 0.383 e. The number of nitrogens with zero attached hydrogens (tertiary/aromatic N) is 1. The summed E-state index contributed by atoms with van der Waals surface area (Å²) in [4.78, 5) is 2.45. The zero-order valence-corrected chi connectivity index (χ0v) is 10.6. The summed E-state index contributed by atoms with van der Waals surface area (Å²) in [5.41, 5.74) is 1.37. The van der Waals surface area contributed by atoms with Crippen molar-refractivity contribution >= 4 is 0 Å². The summed E-state index contributed by atoms with van der Waals surface area (Å²) in [6.45, 7) is 8.46. The molecule has 16 heavy (non-hydrogen) atoms. The van der Waals surface area contributed by atoms with E-state index in [1.54, 1.807) is 7.11 Å². The monoisotopic (exact) mass is 221 g/mol. The fraction of sp³-hybridized carbons (Fsp3) is 0.571. The van der Waals surface area contributed by atoms with Crippen molar-refractivity contribution < 1.29 is 4.74 Å². The molecule has 0 aromatic heterocycles. The number of rotatable bonds is 7. The molecule has 0 aliphatic heterocycles. The Morgan fingerprint density at radius 3 is 2.44 bits per heavy atom. The molecule has 0 heterocycles. The summed E-state index contributed by atoms with van der Waals surface area (Å²) in [6, 6.07) is 10.6. The molecule has 0 unspecified atom stereocenters. The van der Waals surface area contributed by atoms with E-state index in [0.717, 1.165) is 26.2 Å². The lowest BCUT2D eigenvalue weighted by Crippen LogP contribution is -2.30. The third kappa shape index (κ3) is 5.29. The molecule has 1 aromatic rings. The van der Waals surface area contributed by atoms with Gasteiger partial charge in [0.05, 0.1) is 6.61 Å². The third-order valence-corrected chi connectivity index (χ3v) is 2.48. The zero-order chi connectivity index (χ0) is 11.8. The van der Waals surface area contributed by atoms with Crippen molar-refractivity contribution in [2.24, 2.45) is 5.92 Å². The standard InChI is InChI=1S/C14H23NO/c1-13(2)11-15(9-10-16-3)12-14-7-5-4-6-8-14/h4-8,13H,9-12H2,1-3H3. The SMILES string of the molecule is COCCN(Cc1ccccc1)CC(C)C. The van der Waals surface area contributed by atoms with Crippen molar-refractivity contribution in [3.63, 3.8) is 0 Å². The highest BCUT2D eigenvalue weighted by molar-refractivity contribution is 5.14. The van der Waals surface area contributed by atoms with Gasteiger partial charge in [-0.1, -0.05) is 44.2 Å². The van der Waals surface area contributed by atoms with Gasteiger partial charge in [0.15, 0.2) is 0 Å². The minimum Gasteiger partial charge on any atom is -0.383 e. The van der Waals surface area contributed by atoms with Crippen LogP contribution in [0.4, 0.5) is 0 Å². The Labute approximate surface area is 99.2 Å². The van der Waals surface area contributed by atoms with Crippen LogP contribution in [0.1, 0.15) is 19.4 Å². The maximum atomic E-state index is 5.15. The number of ether oxygens (including phenoxy) is 1. The van der Waals surface area contributed by atoms with Gasteiger partial charge in [0.1, 0.15) is 0 Å². The fourth-order valence-corrected chi connectivity index (χ4v) is 1.81. The van der Waals surface area contributed by atoms with Crippen molar-refractivity contribution in [1.29, 1.82) is 0 Å². The zero-order valence-electron chi connectivity index (χ0n) is 10.6. The van der Waals surface area contributed by atoms with E-state index in [2.05, 4.69) is 49.1 Å². The molecule has 0 N–H and O–H groups in total. The Kier molecular flexibility index (Phi) is 6.12. The Morgan fingerprint density at radius 1 is 1.19 bits per heavy atom. The second kappa shape index (κ2) is 7.42. The van der Waals surface area contributed by atoms with E-state index in [1.165, 1.54) is 5.56 Å². The van der Waals surface area contributed by atoms with E-state index in [-0.39, 0.29) is 0 Å². The summed E-state index contributed by atoms with van der Waals surface area (Å²) >= 11 is 0. The number of benzene rings is 1. The molecule has 0 radical (unpaired) electrons. The van der Waals surface area contributed by atoms with Gasteiger partial charge in [-0.15, -0.1) is 0 Å². The lowest BCUT2D eigenvalue weighted by molar-refractivity contribution is 0.136. The molecule has 2 heteroatoms. The maximum absolute atomic E-state index is 5.15. The molecule has 1 aromatic carbocycles. The van der Waals surface area contributed by atoms with E-state index >= 15 is 0 Å². The number of hydrogen-bond acceptors (Lipinski definition) is 2. The molecule has 0 spiro atoms. The van der Waals surface area contributed by atoms with Crippen LogP contribution in [-0.4, -0.2) is 31.7 Å². The average molecular weight is 221 g/mol. The van der Waals surface area contributed by atoms with Crippen molar-refractivity contribution in [1.82, 2.24) is 4.90 Å². The molecule has 2 nitrogen and oxygen atoms in total. The first-order valence-electron chi connectivity index (χ1n) is 5.97. The predicted molar refractivity (Wildman–Crippen MR) is 68.4 cm³/mol. The Bertz CT molecular complexity index is 271. The van der Waals surface area contributed by atoms with Gasteiger partial charge in [0, 0.05) is 26.7 Å². The maximum Gasteiger partial charge on any atom is 0.0589 e. The van der Waals surface area contributed by atoms with Gasteiger partial charge in [-0.05, 0) is 11.5 Å². The number of hydrogen-bond donors (Lipinski definition) is 0. The fourth-order valence-electron chi connectivity index (χ4n) is 1.81. The topological polar surface area (TPSA) is 12.5 Å². The summed E-state index contributed by atoms with van der Waals surface area (Å²) in [6.07, 6.45) is 0. The molecule has 0 aliphatic carbocycles. The van der Waals surface area contributed by atoms with E-state index < -0.39 is 0 Å². The highest BCUT2D eigenvalue weighted by atomic mass is 16.5. The lowest BCUT2D eigenvalue weighted by Gasteiger charge is -2.23. The van der Waals surface area contributed by atoms with Gasteiger partial charge < -0.3 is 4.74 Å². The van der Waals surface area contributed by atoms with E-state index in [0.29, 0.717) is 5.92 Å². The van der Waals surface area contributed by atoms with Crippen LogP contribution in [0.15, 0.2) is 30.3 Å². The quantitative estimate of drug-likeness (QED) is 0.702. The van der Waals surface area contributed by atoms with Gasteiger partial charge >= 0.3 is 0 Å². The third-order valence-electron chi connectivity index (χ3n) is 2.48. The van der Waals surface area contributed by atoms with Crippen LogP contribution in [0, 0.1) is 5.92 Å². The highest BCUT2D eigenvalue weighted by Gasteiger charge is 2.07. The van der Waals surface area contributed by atoms with Gasteiger partial charge in [-0.3, -0.25) is 4.90 Å². The smallest absolute Gasteiger partial charge is 0.0589 e. The van der Waals surface area contributed by atoms with Crippen LogP contribution in [0.5, 0.6) is 0 Å². The predicted octanol–water partition coefficient (Wildman–Crippen LogP) is 2.79. The molecule has 0 saturated heterocycles. The Hall–Kier alpha value is -0.860. The molecular weight excluding hydrogens is 198 g/mol. The lowest BCUT2D eigenvalue weighted by atomic mass is 10.1. The van der Waals surface area contributed by atoms with Crippen LogP contribution in [0.2, 0.25) is 0 Å². The molecule has 0 saturated carbocycles. The molecule has 0 fully saturated rings. The number of methoxy groups -OCH3 is 1. The summed E-state index contributed by atoms with van der Waals surface area (Å²) in [5.74, 6) is 0.695. The summed E-state index contributed by atoms with van der Waals surface area (Å²) in [7, 11) is 1.76. The molecule has 0 aliphatic rings. The van der Waals surface area contributed by atoms with Crippen molar-refractivity contribution in [3.8, 4) is 0 Å². The second-order valence-corrected chi connectivity index (χ2v) is 4.61. The van der Waals surface area contributed by atoms with E-state index in [4.69, 9.17) is 4.74 Å². The normalized spacial score (nSPS) is 11.3. The minimum absolute atomic E-state index is 0.695. The first-order chi connectivity index (χ1) is 7.72. The van der Waals surface area contributed by atoms with Crippen molar-refractivity contribution in [3.05, 3.63) is 35.9 Å². The van der Waals surface area contributed by atoms with E-state index in [9.17, 15) is 0 Å². The van der Waals surface area contributed by atoms with Crippen LogP contribution < -0.4 is 0 Å². The Morgan fingerprint density at radius 2 is 1.88 bits per heavy atom. The first-order valence-corrected chi connectivity index (χ1v) is 5.97.